The maximum absolute atomic E-state index is 12.6. The molecule has 0 amide bonds. The minimum absolute atomic E-state index is 0.177. The summed E-state index contributed by atoms with van der Waals surface area (Å²) in [6, 6.07) is 0. The second-order valence-electron chi connectivity index (χ2n) is 15.1. The van der Waals surface area contributed by atoms with E-state index in [1.807, 2.05) is 0 Å². The number of aliphatic hydroxyl groups excluding tert-OH is 2. The number of allylic oxidation sites excluding steroid dienone is 4. The van der Waals surface area contributed by atoms with Gasteiger partial charge in [0.25, 0.3) is 0 Å². The molecule has 0 aromatic carbocycles. The first-order valence-corrected chi connectivity index (χ1v) is 23.8. The minimum atomic E-state index is -4.62. The Kier molecular flexibility index (Phi) is 39.5. The van der Waals surface area contributed by atoms with Crippen molar-refractivity contribution < 1.29 is 47.8 Å². The number of unbranched alkanes of at least 4 members (excludes halogenated alkanes) is 24. The standard InChI is InChI=1S/C44H83O10P/c1-3-5-7-9-11-13-15-17-19-20-22-24-26-28-30-32-34-36-44(48)54-42(40-53-55(49,50)52-38-41(46)37-45)39-51-43(47)35-33-31-29-27-25-23-21-18-16-14-12-10-8-6-4-2/h17,19,25,27,41-42,45-46H,3-16,18,20-24,26,28-40H2,1-2H3,(H,49,50)/b19-17+,27-25+/t41-,42+/m0/s1. The van der Waals surface area contributed by atoms with Gasteiger partial charge in [-0.3, -0.25) is 18.6 Å². The van der Waals surface area contributed by atoms with Crippen LogP contribution in [0.25, 0.3) is 0 Å². The van der Waals surface area contributed by atoms with E-state index in [9.17, 15) is 24.2 Å². The lowest BCUT2D eigenvalue weighted by molar-refractivity contribution is -0.161. The Morgan fingerprint density at radius 2 is 0.891 bits per heavy atom. The molecular weight excluding hydrogens is 719 g/mol. The largest absolute Gasteiger partial charge is 0.472 e. The van der Waals surface area contributed by atoms with Crippen LogP contribution in [-0.2, 0) is 32.7 Å². The molecule has 0 bridgehead atoms. The lowest BCUT2D eigenvalue weighted by Gasteiger charge is -2.20. The Morgan fingerprint density at radius 3 is 1.35 bits per heavy atom. The third-order valence-corrected chi connectivity index (χ3v) is 10.5. The zero-order valence-electron chi connectivity index (χ0n) is 35.2. The van der Waals surface area contributed by atoms with Gasteiger partial charge in [0.1, 0.15) is 12.7 Å². The van der Waals surface area contributed by atoms with Gasteiger partial charge in [-0.25, -0.2) is 4.57 Å². The molecule has 3 N–H and O–H groups in total. The number of phosphoric acid groups is 1. The summed E-state index contributed by atoms with van der Waals surface area (Å²) >= 11 is 0. The number of rotatable bonds is 42. The summed E-state index contributed by atoms with van der Waals surface area (Å²) in [5.74, 6) is -0.950. The molecule has 3 atom stereocenters. The molecule has 0 aliphatic carbocycles. The van der Waals surface area contributed by atoms with Crippen LogP contribution in [0.2, 0.25) is 0 Å². The first-order chi connectivity index (χ1) is 26.7. The van der Waals surface area contributed by atoms with Gasteiger partial charge in [0, 0.05) is 12.8 Å². The maximum atomic E-state index is 12.6. The summed E-state index contributed by atoms with van der Waals surface area (Å²) in [5.41, 5.74) is 0. The number of carbonyl (C=O) groups is 2. The normalized spacial score (nSPS) is 14.1. The number of carbonyl (C=O) groups excluding carboxylic acids is 2. The first kappa shape index (κ1) is 53.5. The van der Waals surface area contributed by atoms with E-state index in [1.165, 1.54) is 122 Å². The molecule has 0 saturated heterocycles. The van der Waals surface area contributed by atoms with Crippen molar-refractivity contribution >= 4 is 19.8 Å². The zero-order valence-corrected chi connectivity index (χ0v) is 36.0. The fraction of sp³-hybridized carbons (Fsp3) is 0.864. The molecule has 1 unspecified atom stereocenters. The van der Waals surface area contributed by atoms with Crippen molar-refractivity contribution in [3.05, 3.63) is 24.3 Å². The van der Waals surface area contributed by atoms with E-state index in [2.05, 4.69) is 42.7 Å². The Labute approximate surface area is 336 Å². The highest BCUT2D eigenvalue weighted by atomic mass is 31.2. The molecule has 0 spiro atoms. The molecule has 0 rings (SSSR count). The first-order valence-electron chi connectivity index (χ1n) is 22.3. The van der Waals surface area contributed by atoms with Crippen LogP contribution in [-0.4, -0.2) is 65.7 Å². The van der Waals surface area contributed by atoms with Gasteiger partial charge < -0.3 is 24.6 Å². The number of ether oxygens (including phenoxy) is 2. The number of aliphatic hydroxyl groups is 2. The van der Waals surface area contributed by atoms with E-state index in [4.69, 9.17) is 19.1 Å². The van der Waals surface area contributed by atoms with E-state index in [0.717, 1.165) is 44.9 Å². The van der Waals surface area contributed by atoms with Gasteiger partial charge in [-0.05, 0) is 64.2 Å². The van der Waals surface area contributed by atoms with Crippen molar-refractivity contribution in [1.82, 2.24) is 0 Å². The molecule has 0 aliphatic rings. The molecule has 324 valence electrons. The van der Waals surface area contributed by atoms with Gasteiger partial charge in [-0.2, -0.15) is 0 Å². The molecule has 11 heteroatoms. The highest BCUT2D eigenvalue weighted by Crippen LogP contribution is 2.43. The van der Waals surface area contributed by atoms with E-state index >= 15 is 0 Å². The summed E-state index contributed by atoms with van der Waals surface area (Å²) in [6.45, 7) is 2.36. The van der Waals surface area contributed by atoms with Crippen molar-refractivity contribution in [2.75, 3.05) is 26.4 Å². The van der Waals surface area contributed by atoms with Crippen LogP contribution in [0.1, 0.15) is 206 Å². The fourth-order valence-electron chi connectivity index (χ4n) is 6.10. The highest BCUT2D eigenvalue weighted by Gasteiger charge is 2.27. The quantitative estimate of drug-likeness (QED) is 0.0236. The Hall–Kier alpha value is -1.55. The minimum Gasteiger partial charge on any atom is -0.462 e. The van der Waals surface area contributed by atoms with E-state index in [0.29, 0.717) is 12.8 Å². The van der Waals surface area contributed by atoms with Crippen LogP contribution in [0.5, 0.6) is 0 Å². The average molecular weight is 803 g/mol. The predicted molar refractivity (Wildman–Crippen MR) is 224 cm³/mol. The Morgan fingerprint density at radius 1 is 0.527 bits per heavy atom. The number of hydrogen-bond donors (Lipinski definition) is 3. The lowest BCUT2D eigenvalue weighted by atomic mass is 10.1. The van der Waals surface area contributed by atoms with Crippen LogP contribution >= 0.6 is 7.82 Å². The summed E-state index contributed by atoms with van der Waals surface area (Å²) < 4.78 is 32.7. The molecular formula is C44H83O10P. The van der Waals surface area contributed by atoms with Gasteiger partial charge >= 0.3 is 19.8 Å². The van der Waals surface area contributed by atoms with Gasteiger partial charge in [0.15, 0.2) is 6.10 Å². The molecule has 0 radical (unpaired) electrons. The van der Waals surface area contributed by atoms with Gasteiger partial charge in [0.05, 0.1) is 19.8 Å². The summed E-state index contributed by atoms with van der Waals surface area (Å²) in [4.78, 5) is 35.0. The number of esters is 2. The summed E-state index contributed by atoms with van der Waals surface area (Å²) in [7, 11) is -4.62. The van der Waals surface area contributed by atoms with Crippen molar-refractivity contribution in [3.8, 4) is 0 Å². The number of phosphoric ester groups is 1. The van der Waals surface area contributed by atoms with E-state index < -0.39 is 51.8 Å². The van der Waals surface area contributed by atoms with Crippen molar-refractivity contribution in [2.45, 2.75) is 219 Å². The van der Waals surface area contributed by atoms with Gasteiger partial charge in [-0.1, -0.05) is 154 Å². The number of hydrogen-bond acceptors (Lipinski definition) is 9. The third-order valence-electron chi connectivity index (χ3n) is 9.58. The zero-order chi connectivity index (χ0) is 40.5. The SMILES string of the molecule is CCCCCCCC/C=C/CCCCCCCCCC(=O)O[C@H](COC(=O)CCCC/C=C/CCCCCCCCCCC)COP(=O)(O)OC[C@@H](O)CO. The van der Waals surface area contributed by atoms with Crippen LogP contribution in [0, 0.1) is 0 Å². The fourth-order valence-corrected chi connectivity index (χ4v) is 6.89. The maximum Gasteiger partial charge on any atom is 0.472 e. The molecule has 0 aromatic heterocycles. The predicted octanol–water partition coefficient (Wildman–Crippen LogP) is 11.8. The molecule has 0 aromatic rings. The molecule has 10 nitrogen and oxygen atoms in total. The molecule has 0 heterocycles. The van der Waals surface area contributed by atoms with Crippen LogP contribution in [0.3, 0.4) is 0 Å². The third kappa shape index (κ3) is 40.4. The lowest BCUT2D eigenvalue weighted by Crippen LogP contribution is -2.29. The van der Waals surface area contributed by atoms with Gasteiger partial charge in [-0.15, -0.1) is 0 Å². The highest BCUT2D eigenvalue weighted by molar-refractivity contribution is 7.47. The van der Waals surface area contributed by atoms with Crippen molar-refractivity contribution in [3.63, 3.8) is 0 Å². The average Bonchev–Trinajstić information content (AvgIpc) is 3.17. The second-order valence-corrected chi connectivity index (χ2v) is 16.5. The molecule has 55 heavy (non-hydrogen) atoms. The van der Waals surface area contributed by atoms with Crippen molar-refractivity contribution in [2.24, 2.45) is 0 Å². The van der Waals surface area contributed by atoms with E-state index in [-0.39, 0.29) is 19.4 Å². The molecule has 0 aliphatic heterocycles. The summed E-state index contributed by atoms with van der Waals surface area (Å²) in [5, 5.41) is 18.3. The molecule has 0 saturated carbocycles. The van der Waals surface area contributed by atoms with Gasteiger partial charge in [0.2, 0.25) is 0 Å². The smallest absolute Gasteiger partial charge is 0.462 e. The Bertz CT molecular complexity index is 972. The molecule has 0 fully saturated rings. The topological polar surface area (TPSA) is 149 Å². The summed E-state index contributed by atoms with van der Waals surface area (Å²) in [6.07, 6.45) is 40.0. The van der Waals surface area contributed by atoms with Crippen LogP contribution in [0.15, 0.2) is 24.3 Å². The van der Waals surface area contributed by atoms with E-state index in [1.54, 1.807) is 0 Å². The monoisotopic (exact) mass is 803 g/mol. The van der Waals surface area contributed by atoms with Crippen LogP contribution in [0.4, 0.5) is 0 Å². The van der Waals surface area contributed by atoms with Crippen molar-refractivity contribution in [1.29, 1.82) is 0 Å². The Balaban J connectivity index is 4.30. The second kappa shape index (κ2) is 40.6. The van der Waals surface area contributed by atoms with Crippen LogP contribution < -0.4 is 0 Å².